The Labute approximate surface area is 422 Å². The van der Waals surface area contributed by atoms with Crippen molar-refractivity contribution >= 4 is 82.0 Å². The summed E-state index contributed by atoms with van der Waals surface area (Å²) >= 11 is 0. The third kappa shape index (κ3) is 5.58. The fourth-order valence-corrected chi connectivity index (χ4v) is 13.3. The molecule has 0 aliphatic heterocycles. The Morgan fingerprint density at radius 1 is 0.274 bits per heavy atom. The average Bonchev–Trinajstić information content (AvgIpc) is 4.13. The van der Waals surface area contributed by atoms with E-state index in [0.717, 1.165) is 22.7 Å². The molecule has 0 bridgehead atoms. The van der Waals surface area contributed by atoms with E-state index in [4.69, 9.17) is 0 Å². The molecule has 0 amide bonds. The van der Waals surface area contributed by atoms with E-state index < -0.39 is 5.41 Å². The molecule has 1 spiro atoms. The van der Waals surface area contributed by atoms with Gasteiger partial charge in [-0.05, 0) is 160 Å². The maximum absolute atomic E-state index is 2.57. The van der Waals surface area contributed by atoms with Crippen LogP contribution in [0, 0.1) is 0 Å². The summed E-state index contributed by atoms with van der Waals surface area (Å²) in [6.45, 7) is 0. The van der Waals surface area contributed by atoms with Gasteiger partial charge in [0, 0.05) is 33.4 Å². The van der Waals surface area contributed by atoms with Gasteiger partial charge >= 0.3 is 0 Å². The third-order valence-corrected chi connectivity index (χ3v) is 16.3. The third-order valence-electron chi connectivity index (χ3n) is 16.3. The molecular weight excluding hydrogens is 881 g/mol. The Morgan fingerprint density at radius 2 is 0.781 bits per heavy atom. The molecule has 13 aromatic carbocycles. The molecular formula is C71H44N2. The van der Waals surface area contributed by atoms with E-state index in [0.29, 0.717) is 0 Å². The number of aromatic nitrogens is 1. The molecule has 0 unspecified atom stereocenters. The molecule has 0 saturated heterocycles. The lowest BCUT2D eigenvalue weighted by molar-refractivity contribution is 0.794. The second-order valence-electron chi connectivity index (χ2n) is 19.9. The molecule has 2 nitrogen and oxygen atoms in total. The predicted octanol–water partition coefficient (Wildman–Crippen LogP) is 18.9. The zero-order chi connectivity index (χ0) is 47.8. The van der Waals surface area contributed by atoms with Crippen molar-refractivity contribution in [2.45, 2.75) is 5.41 Å². The summed E-state index contributed by atoms with van der Waals surface area (Å²) in [6.07, 6.45) is 0. The first-order valence-corrected chi connectivity index (χ1v) is 25.4. The number of anilines is 3. The number of para-hydroxylation sites is 2. The molecule has 1 aromatic heterocycles. The zero-order valence-electron chi connectivity index (χ0n) is 39.8. The molecule has 1 heterocycles. The standard InChI is InChI=1S/C71H44N2/c1-3-19-45(20-4-1)60-43-62-58-29-13-17-33-66(58)71(64-31-15-11-27-56(64)57-28-12-16-32-65(57)71)67(62)44-70(60)72(50-37-38-55-53-25-8-7-23-51(53)52-24-9-10-26-54(52)61(55)42-50)49-36-35-46-41-69-63(40-47(46)39-49)59-30-14-18-34-68(59)73(69)48-21-5-2-6-22-48/h1-44H. The fraction of sp³-hybridized carbons (Fsp3) is 0.0141. The molecule has 0 atom stereocenters. The van der Waals surface area contributed by atoms with E-state index in [1.54, 1.807) is 0 Å². The van der Waals surface area contributed by atoms with E-state index in [1.165, 1.54) is 121 Å². The highest BCUT2D eigenvalue weighted by molar-refractivity contribution is 6.26. The lowest BCUT2D eigenvalue weighted by Crippen LogP contribution is -2.26. The van der Waals surface area contributed by atoms with Crippen molar-refractivity contribution in [3.63, 3.8) is 0 Å². The highest BCUT2D eigenvalue weighted by atomic mass is 15.1. The van der Waals surface area contributed by atoms with Gasteiger partial charge in [-0.15, -0.1) is 0 Å². The van der Waals surface area contributed by atoms with Crippen LogP contribution in [-0.2, 0) is 5.41 Å². The van der Waals surface area contributed by atoms with Crippen molar-refractivity contribution in [2.75, 3.05) is 4.90 Å². The van der Waals surface area contributed by atoms with Gasteiger partial charge in [-0.1, -0.05) is 200 Å². The largest absolute Gasteiger partial charge is 0.310 e. The maximum Gasteiger partial charge on any atom is 0.0726 e. The van der Waals surface area contributed by atoms with Crippen LogP contribution in [-0.4, -0.2) is 4.57 Å². The minimum absolute atomic E-state index is 0.519. The van der Waals surface area contributed by atoms with Crippen LogP contribution in [0.3, 0.4) is 0 Å². The summed E-state index contributed by atoms with van der Waals surface area (Å²) in [7, 11) is 0. The van der Waals surface area contributed by atoms with Crippen LogP contribution < -0.4 is 4.90 Å². The number of hydrogen-bond acceptors (Lipinski definition) is 1. The lowest BCUT2D eigenvalue weighted by Gasteiger charge is -2.33. The number of hydrogen-bond donors (Lipinski definition) is 0. The summed E-state index contributed by atoms with van der Waals surface area (Å²) in [5.41, 5.74) is 19.2. The normalized spacial score (nSPS) is 13.0. The summed E-state index contributed by atoms with van der Waals surface area (Å²) < 4.78 is 2.41. The van der Waals surface area contributed by atoms with Crippen LogP contribution >= 0.6 is 0 Å². The van der Waals surface area contributed by atoms with E-state index in [2.05, 4.69) is 276 Å². The summed E-state index contributed by atoms with van der Waals surface area (Å²) in [4.78, 5) is 2.56. The van der Waals surface area contributed by atoms with Crippen LogP contribution in [0.1, 0.15) is 22.3 Å². The zero-order valence-corrected chi connectivity index (χ0v) is 39.8. The topological polar surface area (TPSA) is 8.17 Å². The number of nitrogens with zero attached hydrogens (tertiary/aromatic N) is 2. The van der Waals surface area contributed by atoms with Gasteiger partial charge in [0.15, 0.2) is 0 Å². The van der Waals surface area contributed by atoms with E-state index in [1.807, 2.05) is 0 Å². The molecule has 2 aliphatic rings. The summed E-state index contributed by atoms with van der Waals surface area (Å²) in [5, 5.41) is 12.4. The molecule has 338 valence electrons. The van der Waals surface area contributed by atoms with Gasteiger partial charge in [0.1, 0.15) is 0 Å². The minimum atomic E-state index is -0.519. The van der Waals surface area contributed by atoms with Gasteiger partial charge < -0.3 is 9.47 Å². The van der Waals surface area contributed by atoms with Crippen molar-refractivity contribution in [3.05, 3.63) is 289 Å². The maximum atomic E-state index is 2.57. The van der Waals surface area contributed by atoms with Gasteiger partial charge in [0.25, 0.3) is 0 Å². The molecule has 0 radical (unpaired) electrons. The smallest absolute Gasteiger partial charge is 0.0726 e. The molecule has 73 heavy (non-hydrogen) atoms. The first-order chi connectivity index (χ1) is 36.2. The van der Waals surface area contributed by atoms with Gasteiger partial charge in [-0.3, -0.25) is 0 Å². The SMILES string of the molecule is c1ccc(-c2cc3c(cc2N(c2ccc4cc5c(cc4c2)c2ccccc2n5-c2ccccc2)c2ccc4c5ccccc5c5ccccc5c4c2)C2(c4ccccc4-c4ccccc42)c2ccccc2-3)cc1. The molecule has 0 fully saturated rings. The van der Waals surface area contributed by atoms with Crippen LogP contribution in [0.4, 0.5) is 17.1 Å². The van der Waals surface area contributed by atoms with Gasteiger partial charge in [-0.2, -0.15) is 0 Å². The Hall–Kier alpha value is -9.50. The average molecular weight is 925 g/mol. The van der Waals surface area contributed by atoms with E-state index in [9.17, 15) is 0 Å². The quantitative estimate of drug-likeness (QED) is 0.156. The molecule has 14 aromatic rings. The van der Waals surface area contributed by atoms with Crippen LogP contribution in [0.25, 0.3) is 104 Å². The second kappa shape index (κ2) is 15.3. The van der Waals surface area contributed by atoms with Crippen LogP contribution in [0.2, 0.25) is 0 Å². The van der Waals surface area contributed by atoms with Crippen molar-refractivity contribution in [2.24, 2.45) is 0 Å². The van der Waals surface area contributed by atoms with Crippen molar-refractivity contribution in [3.8, 4) is 39.1 Å². The molecule has 2 aliphatic carbocycles. The first kappa shape index (κ1) is 40.3. The molecule has 0 N–H and O–H groups in total. The first-order valence-electron chi connectivity index (χ1n) is 25.4. The Bertz CT molecular complexity index is 4540. The van der Waals surface area contributed by atoms with E-state index >= 15 is 0 Å². The highest BCUT2D eigenvalue weighted by Crippen LogP contribution is 2.64. The second-order valence-corrected chi connectivity index (χ2v) is 19.9. The van der Waals surface area contributed by atoms with Gasteiger partial charge in [-0.25, -0.2) is 0 Å². The van der Waals surface area contributed by atoms with Gasteiger partial charge in [0.05, 0.1) is 22.1 Å². The van der Waals surface area contributed by atoms with E-state index in [-0.39, 0.29) is 0 Å². The Kier molecular flexibility index (Phi) is 8.41. The Balaban J connectivity index is 1.02. The summed E-state index contributed by atoms with van der Waals surface area (Å²) in [5.74, 6) is 0. The number of rotatable bonds is 5. The van der Waals surface area contributed by atoms with Gasteiger partial charge in [0.2, 0.25) is 0 Å². The fourth-order valence-electron chi connectivity index (χ4n) is 13.3. The lowest BCUT2D eigenvalue weighted by atomic mass is 9.70. The minimum Gasteiger partial charge on any atom is -0.310 e. The summed E-state index contributed by atoms with van der Waals surface area (Å²) in [6, 6.07) is 100. The van der Waals surface area contributed by atoms with Crippen molar-refractivity contribution < 1.29 is 0 Å². The predicted molar refractivity (Wildman–Crippen MR) is 307 cm³/mol. The molecule has 2 heteroatoms. The van der Waals surface area contributed by atoms with Crippen molar-refractivity contribution in [1.29, 1.82) is 0 Å². The number of fused-ring (bicyclic) bond motifs is 20. The molecule has 16 rings (SSSR count). The molecule has 0 saturated carbocycles. The monoisotopic (exact) mass is 924 g/mol. The highest BCUT2D eigenvalue weighted by Gasteiger charge is 2.52. The van der Waals surface area contributed by atoms with Crippen LogP contribution in [0.15, 0.2) is 267 Å². The van der Waals surface area contributed by atoms with Crippen LogP contribution in [0.5, 0.6) is 0 Å². The van der Waals surface area contributed by atoms with Crippen molar-refractivity contribution in [1.82, 2.24) is 4.57 Å². The number of benzene rings is 13. The Morgan fingerprint density at radius 3 is 1.44 bits per heavy atom.